The summed E-state index contributed by atoms with van der Waals surface area (Å²) in [7, 11) is 1.63. The number of likely N-dealkylation sites (N-methyl/N-ethyl adjacent to an activating group) is 1. The summed E-state index contributed by atoms with van der Waals surface area (Å²) in [5.74, 6) is 0.0425. The van der Waals surface area contributed by atoms with E-state index >= 15 is 0 Å². The van der Waals surface area contributed by atoms with Crippen molar-refractivity contribution < 1.29 is 9.90 Å². The van der Waals surface area contributed by atoms with Crippen molar-refractivity contribution in [2.24, 2.45) is 0 Å². The second-order valence-electron chi connectivity index (χ2n) is 3.01. The van der Waals surface area contributed by atoms with Crippen LogP contribution in [0.2, 0.25) is 0 Å². The van der Waals surface area contributed by atoms with E-state index in [1.54, 1.807) is 7.05 Å². The van der Waals surface area contributed by atoms with Crippen LogP contribution in [-0.4, -0.2) is 43.6 Å². The summed E-state index contributed by atoms with van der Waals surface area (Å²) < 4.78 is 0. The molecule has 1 saturated heterocycles. The Bertz CT molecular complexity index is 161. The van der Waals surface area contributed by atoms with Gasteiger partial charge in [-0.1, -0.05) is 0 Å². The fourth-order valence-electron chi connectivity index (χ4n) is 1.67. The van der Waals surface area contributed by atoms with E-state index in [2.05, 4.69) is 5.32 Å². The Kier molecular flexibility index (Phi) is 3.49. The number of hydrogen-bond donors (Lipinski definition) is 1. The molecule has 1 N–H and O–H groups in total. The molecule has 1 radical (unpaired) electrons. The van der Waals surface area contributed by atoms with E-state index in [4.69, 9.17) is 0 Å². The highest BCUT2D eigenvalue weighted by Gasteiger charge is 2.29. The lowest BCUT2D eigenvalue weighted by atomic mass is 10.2. The molecule has 0 spiro atoms. The van der Waals surface area contributed by atoms with Gasteiger partial charge in [-0.15, -0.1) is 0 Å². The Morgan fingerprint density at radius 3 is 3.00 bits per heavy atom. The maximum Gasteiger partial charge on any atom is 0.237 e. The van der Waals surface area contributed by atoms with Gasteiger partial charge < -0.3 is 5.32 Å². The molecule has 0 aromatic heterocycles. The number of carbonyl (C=O) groups excluding carboxylic acids is 1. The third kappa shape index (κ3) is 1.95. The summed E-state index contributed by atoms with van der Waals surface area (Å²) in [6.07, 6.45) is 1.91. The Labute approximate surface area is 72.6 Å². The number of rotatable bonds is 3. The monoisotopic (exact) mass is 171 g/mol. The van der Waals surface area contributed by atoms with Crippen LogP contribution in [0.1, 0.15) is 12.8 Å². The first-order chi connectivity index (χ1) is 5.79. The second-order valence-corrected chi connectivity index (χ2v) is 3.01. The van der Waals surface area contributed by atoms with Gasteiger partial charge >= 0.3 is 0 Å². The van der Waals surface area contributed by atoms with E-state index in [0.29, 0.717) is 6.54 Å². The fourth-order valence-corrected chi connectivity index (χ4v) is 1.67. The molecule has 0 aromatic rings. The normalized spacial score (nSPS) is 24.3. The highest BCUT2D eigenvalue weighted by molar-refractivity contribution is 5.81. The van der Waals surface area contributed by atoms with E-state index < -0.39 is 0 Å². The van der Waals surface area contributed by atoms with Gasteiger partial charge in [-0.25, -0.2) is 5.11 Å². The lowest BCUT2D eigenvalue weighted by molar-refractivity contribution is -0.125. The lowest BCUT2D eigenvalue weighted by Gasteiger charge is -2.21. The minimum absolute atomic E-state index is 0.0425. The third-order valence-electron chi connectivity index (χ3n) is 2.29. The lowest BCUT2D eigenvalue weighted by Crippen LogP contribution is -2.42. The molecule has 1 heterocycles. The first-order valence-electron chi connectivity index (χ1n) is 4.33. The van der Waals surface area contributed by atoms with Crippen LogP contribution in [0.25, 0.3) is 0 Å². The molecule has 4 nitrogen and oxygen atoms in total. The first kappa shape index (κ1) is 9.48. The number of nitrogens with one attached hydrogen (secondary N) is 1. The maximum atomic E-state index is 11.2. The van der Waals surface area contributed by atoms with Gasteiger partial charge in [-0.2, -0.15) is 0 Å². The molecule has 0 aromatic carbocycles. The largest absolute Gasteiger partial charge is 0.358 e. The zero-order valence-corrected chi connectivity index (χ0v) is 7.38. The van der Waals surface area contributed by atoms with Crippen molar-refractivity contribution in [3.05, 3.63) is 0 Å². The number of likely N-dealkylation sites (tertiary alicyclic amines) is 1. The highest BCUT2D eigenvalue weighted by Crippen LogP contribution is 2.16. The molecule has 1 fully saturated rings. The highest BCUT2D eigenvalue weighted by atomic mass is 16.3. The molecular formula is C8H15N2O2. The second kappa shape index (κ2) is 4.42. The van der Waals surface area contributed by atoms with Gasteiger partial charge in [0.05, 0.1) is 12.6 Å². The van der Waals surface area contributed by atoms with Crippen molar-refractivity contribution >= 4 is 5.91 Å². The molecule has 1 rings (SSSR count). The molecular weight excluding hydrogens is 156 g/mol. The molecule has 4 heteroatoms. The van der Waals surface area contributed by atoms with Crippen molar-refractivity contribution in [2.75, 3.05) is 26.7 Å². The van der Waals surface area contributed by atoms with Gasteiger partial charge in [0.25, 0.3) is 0 Å². The Balaban J connectivity index is 2.45. The molecule has 0 saturated carbocycles. The molecule has 69 valence electrons. The molecule has 1 amide bonds. The fraction of sp³-hybridized carbons (Fsp3) is 0.875. The van der Waals surface area contributed by atoms with Crippen LogP contribution in [0.4, 0.5) is 0 Å². The van der Waals surface area contributed by atoms with Crippen molar-refractivity contribution in [1.82, 2.24) is 10.2 Å². The van der Waals surface area contributed by atoms with Gasteiger partial charge in [0.1, 0.15) is 0 Å². The smallest absolute Gasteiger partial charge is 0.237 e. The predicted octanol–water partition coefficient (Wildman–Crippen LogP) is -0.373. The first-order valence-corrected chi connectivity index (χ1v) is 4.33. The summed E-state index contributed by atoms with van der Waals surface area (Å²) in [5.41, 5.74) is 0. The van der Waals surface area contributed by atoms with Gasteiger partial charge in [-0.05, 0) is 19.4 Å². The van der Waals surface area contributed by atoms with Crippen molar-refractivity contribution in [2.45, 2.75) is 18.9 Å². The van der Waals surface area contributed by atoms with Crippen LogP contribution in [0, 0.1) is 0 Å². The Morgan fingerprint density at radius 2 is 2.42 bits per heavy atom. The van der Waals surface area contributed by atoms with Crippen LogP contribution in [0.15, 0.2) is 0 Å². The van der Waals surface area contributed by atoms with E-state index in [1.165, 1.54) is 0 Å². The summed E-state index contributed by atoms with van der Waals surface area (Å²) in [5, 5.41) is 13.0. The topological polar surface area (TPSA) is 52.2 Å². The number of amides is 1. The van der Waals surface area contributed by atoms with E-state index in [9.17, 15) is 9.90 Å². The minimum atomic E-state index is -0.118. The van der Waals surface area contributed by atoms with Gasteiger partial charge in [0.2, 0.25) is 5.91 Å². The molecule has 1 aliphatic rings. The zero-order chi connectivity index (χ0) is 8.97. The molecule has 0 bridgehead atoms. The van der Waals surface area contributed by atoms with Crippen molar-refractivity contribution in [3.63, 3.8) is 0 Å². The van der Waals surface area contributed by atoms with Crippen LogP contribution >= 0.6 is 0 Å². The SMILES string of the molecule is CNC(=O)[C@@H]1CCCN1CC[O]. The average Bonchev–Trinajstić information content (AvgIpc) is 2.52. The Hall–Kier alpha value is -0.610. The van der Waals surface area contributed by atoms with E-state index in [-0.39, 0.29) is 18.6 Å². The summed E-state index contributed by atoms with van der Waals surface area (Å²) in [6, 6.07) is -0.0519. The summed E-state index contributed by atoms with van der Waals surface area (Å²) in [4.78, 5) is 13.2. The van der Waals surface area contributed by atoms with Crippen molar-refractivity contribution in [1.29, 1.82) is 0 Å². The van der Waals surface area contributed by atoms with Crippen LogP contribution in [0.3, 0.4) is 0 Å². The Morgan fingerprint density at radius 1 is 1.67 bits per heavy atom. The number of hydrogen-bond acceptors (Lipinski definition) is 2. The quantitative estimate of drug-likeness (QED) is 0.629. The summed E-state index contributed by atoms with van der Waals surface area (Å²) >= 11 is 0. The van der Waals surface area contributed by atoms with E-state index in [1.807, 2.05) is 4.90 Å². The molecule has 1 aliphatic heterocycles. The van der Waals surface area contributed by atoms with Crippen LogP contribution < -0.4 is 5.32 Å². The van der Waals surface area contributed by atoms with Crippen LogP contribution in [-0.2, 0) is 9.90 Å². The van der Waals surface area contributed by atoms with Crippen molar-refractivity contribution in [3.8, 4) is 0 Å². The third-order valence-corrected chi connectivity index (χ3v) is 2.29. The van der Waals surface area contributed by atoms with Gasteiger partial charge in [0.15, 0.2) is 0 Å². The maximum absolute atomic E-state index is 11.2. The molecule has 12 heavy (non-hydrogen) atoms. The molecule has 0 unspecified atom stereocenters. The standard InChI is InChI=1S/C8H15N2O2/c1-9-8(12)7-3-2-4-10(7)5-6-11/h7H,2-6H2,1H3,(H,9,12)/t7-/m0/s1. The van der Waals surface area contributed by atoms with E-state index in [0.717, 1.165) is 19.4 Å². The minimum Gasteiger partial charge on any atom is -0.358 e. The summed E-state index contributed by atoms with van der Waals surface area (Å²) in [6.45, 7) is 1.27. The van der Waals surface area contributed by atoms with Gasteiger partial charge in [-0.3, -0.25) is 9.69 Å². The zero-order valence-electron chi connectivity index (χ0n) is 7.38. The number of carbonyl (C=O) groups is 1. The predicted molar refractivity (Wildman–Crippen MR) is 44.2 cm³/mol. The average molecular weight is 171 g/mol. The molecule has 1 atom stereocenters. The van der Waals surface area contributed by atoms with Crippen LogP contribution in [0.5, 0.6) is 0 Å². The van der Waals surface area contributed by atoms with Gasteiger partial charge in [0, 0.05) is 13.6 Å². The molecule has 0 aliphatic carbocycles. The number of nitrogens with zero attached hydrogens (tertiary/aromatic N) is 1.